The van der Waals surface area contributed by atoms with Crippen molar-refractivity contribution in [2.24, 2.45) is 10.9 Å². The largest absolute Gasteiger partial charge is 0.416 e. The van der Waals surface area contributed by atoms with Gasteiger partial charge >= 0.3 is 6.18 Å². The molecule has 1 aromatic heterocycles. The molecule has 0 spiro atoms. The number of hydrogen-bond acceptors (Lipinski definition) is 2. The molecule has 0 aliphatic heterocycles. The fourth-order valence-electron chi connectivity index (χ4n) is 2.70. The van der Waals surface area contributed by atoms with Crippen LogP contribution in [0, 0.1) is 5.92 Å². The van der Waals surface area contributed by atoms with Crippen molar-refractivity contribution < 1.29 is 13.2 Å². The van der Waals surface area contributed by atoms with Crippen LogP contribution in [0.1, 0.15) is 43.8 Å². The Balaban J connectivity index is 2.00. The van der Waals surface area contributed by atoms with Crippen LogP contribution in [0.3, 0.4) is 0 Å². The fraction of sp³-hybridized carbons (Fsp3) is 0.474. The molecule has 5 nitrogen and oxygen atoms in total. The molecule has 0 saturated heterocycles. The Morgan fingerprint density at radius 1 is 1.26 bits per heavy atom. The molecule has 1 atom stereocenters. The van der Waals surface area contributed by atoms with Gasteiger partial charge in [0, 0.05) is 26.0 Å². The highest BCUT2D eigenvalue weighted by atomic mass is 19.4. The van der Waals surface area contributed by atoms with Crippen LogP contribution >= 0.6 is 0 Å². The number of rotatable bonds is 6. The number of aliphatic imine (C=N–C) groups is 1. The number of nitrogens with one attached hydrogen (secondary N) is 2. The molecule has 2 rings (SSSR count). The van der Waals surface area contributed by atoms with Crippen molar-refractivity contribution in [3.63, 3.8) is 0 Å². The smallest absolute Gasteiger partial charge is 0.350 e. The van der Waals surface area contributed by atoms with E-state index in [-0.39, 0.29) is 6.04 Å². The van der Waals surface area contributed by atoms with Crippen molar-refractivity contribution in [1.82, 2.24) is 20.2 Å². The Bertz CT molecular complexity index is 765. The molecule has 8 heteroatoms. The van der Waals surface area contributed by atoms with Crippen LogP contribution in [0.4, 0.5) is 13.2 Å². The zero-order chi connectivity index (χ0) is 20.0. The highest BCUT2D eigenvalue weighted by molar-refractivity contribution is 5.80. The molecule has 0 aliphatic carbocycles. The normalized spacial score (nSPS) is 13.7. The summed E-state index contributed by atoms with van der Waals surface area (Å²) >= 11 is 0. The third-order valence-electron chi connectivity index (χ3n) is 4.07. The lowest BCUT2D eigenvalue weighted by atomic mass is 10.1. The number of alkyl halides is 3. The van der Waals surface area contributed by atoms with E-state index in [2.05, 4.69) is 39.0 Å². The highest BCUT2D eigenvalue weighted by Crippen LogP contribution is 2.30. The van der Waals surface area contributed by atoms with Crippen LogP contribution in [-0.2, 0) is 19.3 Å². The minimum atomic E-state index is -4.36. The van der Waals surface area contributed by atoms with Gasteiger partial charge < -0.3 is 15.2 Å². The maximum Gasteiger partial charge on any atom is 0.416 e. The summed E-state index contributed by atoms with van der Waals surface area (Å²) in [5.74, 6) is 1.87. The molecule has 0 saturated carbocycles. The van der Waals surface area contributed by atoms with Crippen LogP contribution in [0.5, 0.6) is 0 Å². The van der Waals surface area contributed by atoms with Gasteiger partial charge in [-0.3, -0.25) is 4.99 Å². The van der Waals surface area contributed by atoms with Crippen LogP contribution in [0.2, 0.25) is 0 Å². The molecule has 0 radical (unpaired) electrons. The lowest BCUT2D eigenvalue weighted by Crippen LogP contribution is -2.38. The summed E-state index contributed by atoms with van der Waals surface area (Å²) in [6.45, 7) is 7.39. The van der Waals surface area contributed by atoms with E-state index in [4.69, 9.17) is 0 Å². The second-order valence-electron chi connectivity index (χ2n) is 6.80. The molecule has 2 aromatic rings. The third kappa shape index (κ3) is 6.01. The zero-order valence-corrected chi connectivity index (χ0v) is 16.0. The number of imidazole rings is 1. The number of halogens is 3. The molecule has 0 aliphatic rings. The van der Waals surface area contributed by atoms with Gasteiger partial charge in [-0.15, -0.1) is 0 Å². The molecule has 1 unspecified atom stereocenters. The SMILES string of the molecule is CN=C(NCc1nccn1CC(C)C)NC(C)c1cccc(C(F)(F)F)c1. The summed E-state index contributed by atoms with van der Waals surface area (Å²) in [6, 6.07) is 4.96. The molecule has 0 bridgehead atoms. The van der Waals surface area contributed by atoms with Crippen LogP contribution in [0.15, 0.2) is 41.7 Å². The van der Waals surface area contributed by atoms with Gasteiger partial charge in [-0.05, 0) is 30.5 Å². The number of benzene rings is 1. The van der Waals surface area contributed by atoms with E-state index in [1.807, 2.05) is 6.20 Å². The second kappa shape index (κ2) is 8.92. The molecule has 148 valence electrons. The summed E-state index contributed by atoms with van der Waals surface area (Å²) in [6.07, 6.45) is -0.678. The first-order chi connectivity index (χ1) is 12.7. The number of aromatic nitrogens is 2. The first-order valence-corrected chi connectivity index (χ1v) is 8.85. The summed E-state index contributed by atoms with van der Waals surface area (Å²) in [7, 11) is 1.62. The molecule has 1 aromatic carbocycles. The van der Waals surface area contributed by atoms with Gasteiger partial charge in [0.25, 0.3) is 0 Å². The second-order valence-corrected chi connectivity index (χ2v) is 6.80. The molecule has 2 N–H and O–H groups in total. The molecular formula is C19H26F3N5. The Morgan fingerprint density at radius 2 is 2.00 bits per heavy atom. The van der Waals surface area contributed by atoms with Crippen molar-refractivity contribution in [3.8, 4) is 0 Å². The molecule has 0 amide bonds. The van der Waals surface area contributed by atoms with E-state index >= 15 is 0 Å². The maximum atomic E-state index is 12.9. The first-order valence-electron chi connectivity index (χ1n) is 8.85. The van der Waals surface area contributed by atoms with Crippen LogP contribution < -0.4 is 10.6 Å². The van der Waals surface area contributed by atoms with Gasteiger partial charge in [0.05, 0.1) is 18.2 Å². The van der Waals surface area contributed by atoms with Crippen molar-refractivity contribution in [1.29, 1.82) is 0 Å². The van der Waals surface area contributed by atoms with Gasteiger partial charge in [-0.1, -0.05) is 26.0 Å². The van der Waals surface area contributed by atoms with Crippen molar-refractivity contribution in [2.45, 2.75) is 46.1 Å². The first kappa shape index (κ1) is 20.8. The van der Waals surface area contributed by atoms with Crippen LogP contribution in [-0.4, -0.2) is 22.6 Å². The van der Waals surface area contributed by atoms with Crippen LogP contribution in [0.25, 0.3) is 0 Å². The summed E-state index contributed by atoms with van der Waals surface area (Å²) < 4.78 is 40.8. The summed E-state index contributed by atoms with van der Waals surface area (Å²) in [5.41, 5.74) is -0.124. The van der Waals surface area contributed by atoms with Gasteiger partial charge in [-0.25, -0.2) is 4.98 Å². The summed E-state index contributed by atoms with van der Waals surface area (Å²) in [5, 5.41) is 6.28. The topological polar surface area (TPSA) is 54.2 Å². The predicted octanol–water partition coefficient (Wildman–Crippen LogP) is 3.98. The van der Waals surface area contributed by atoms with E-state index in [1.54, 1.807) is 26.2 Å². The van der Waals surface area contributed by atoms with Crippen molar-refractivity contribution >= 4 is 5.96 Å². The quantitative estimate of drug-likeness (QED) is 0.588. The van der Waals surface area contributed by atoms with E-state index in [0.29, 0.717) is 24.0 Å². The van der Waals surface area contributed by atoms with Crippen molar-refractivity contribution in [3.05, 3.63) is 53.6 Å². The van der Waals surface area contributed by atoms with E-state index in [0.717, 1.165) is 24.5 Å². The number of nitrogens with zero attached hydrogens (tertiary/aromatic N) is 3. The van der Waals surface area contributed by atoms with E-state index < -0.39 is 11.7 Å². The fourth-order valence-corrected chi connectivity index (χ4v) is 2.70. The van der Waals surface area contributed by atoms with Gasteiger partial charge in [-0.2, -0.15) is 13.2 Å². The number of hydrogen-bond donors (Lipinski definition) is 2. The lowest BCUT2D eigenvalue weighted by Gasteiger charge is -2.19. The van der Waals surface area contributed by atoms with E-state index in [9.17, 15) is 13.2 Å². The average Bonchev–Trinajstić information content (AvgIpc) is 3.04. The highest BCUT2D eigenvalue weighted by Gasteiger charge is 2.30. The zero-order valence-electron chi connectivity index (χ0n) is 16.0. The minimum absolute atomic E-state index is 0.339. The van der Waals surface area contributed by atoms with Gasteiger partial charge in [0.2, 0.25) is 0 Å². The summed E-state index contributed by atoms with van der Waals surface area (Å²) in [4.78, 5) is 8.49. The Labute approximate surface area is 157 Å². The standard InChI is InChI=1S/C19H26F3N5/c1-13(2)12-27-9-8-24-17(27)11-25-18(23-4)26-14(3)15-6-5-7-16(10-15)19(20,21)22/h5-10,13-14H,11-12H2,1-4H3,(H2,23,25,26). The molecule has 0 fully saturated rings. The van der Waals surface area contributed by atoms with Crippen molar-refractivity contribution in [2.75, 3.05) is 7.05 Å². The molecule has 1 heterocycles. The Kier molecular flexibility index (Phi) is 6.87. The minimum Gasteiger partial charge on any atom is -0.350 e. The molecular weight excluding hydrogens is 355 g/mol. The third-order valence-corrected chi connectivity index (χ3v) is 4.07. The average molecular weight is 381 g/mol. The maximum absolute atomic E-state index is 12.9. The van der Waals surface area contributed by atoms with Gasteiger partial charge in [0.15, 0.2) is 5.96 Å². The predicted molar refractivity (Wildman–Crippen MR) is 100 cm³/mol. The molecule has 27 heavy (non-hydrogen) atoms. The van der Waals surface area contributed by atoms with E-state index in [1.165, 1.54) is 6.07 Å². The monoisotopic (exact) mass is 381 g/mol. The lowest BCUT2D eigenvalue weighted by molar-refractivity contribution is -0.137. The van der Waals surface area contributed by atoms with Gasteiger partial charge in [0.1, 0.15) is 5.82 Å². The Morgan fingerprint density at radius 3 is 2.63 bits per heavy atom. The number of guanidine groups is 1. The Hall–Kier alpha value is -2.51.